The average Bonchev–Trinajstić information content (AvgIpc) is 2.31. The summed E-state index contributed by atoms with van der Waals surface area (Å²) in [6.45, 7) is 0. The van der Waals surface area contributed by atoms with Crippen LogP contribution < -0.4 is 11.1 Å². The molecule has 0 aliphatic rings. The first kappa shape index (κ1) is 14.4. The van der Waals surface area contributed by atoms with Gasteiger partial charge in [-0.05, 0) is 52.3 Å². The van der Waals surface area contributed by atoms with Crippen LogP contribution in [0.15, 0.2) is 45.3 Å². The van der Waals surface area contributed by atoms with Crippen LogP contribution in [0.4, 0.5) is 11.4 Å². The van der Waals surface area contributed by atoms with Crippen molar-refractivity contribution < 1.29 is 4.79 Å². The Balaban J connectivity index is 2.25. The second-order valence-corrected chi connectivity index (χ2v) is 6.06. The molecule has 3 N–H and O–H groups in total. The van der Waals surface area contributed by atoms with Gasteiger partial charge in [-0.3, -0.25) is 4.79 Å². The van der Waals surface area contributed by atoms with E-state index in [9.17, 15) is 4.79 Å². The molecule has 19 heavy (non-hydrogen) atoms. The van der Waals surface area contributed by atoms with E-state index in [0.29, 0.717) is 22.0 Å². The van der Waals surface area contributed by atoms with Gasteiger partial charge in [-0.1, -0.05) is 27.5 Å². The van der Waals surface area contributed by atoms with Crippen molar-refractivity contribution >= 4 is 60.7 Å². The molecule has 0 unspecified atom stereocenters. The highest BCUT2D eigenvalue weighted by Gasteiger charge is 2.10. The molecule has 0 heterocycles. The van der Waals surface area contributed by atoms with Crippen molar-refractivity contribution in [2.45, 2.75) is 0 Å². The van der Waals surface area contributed by atoms with Crippen LogP contribution in [0.25, 0.3) is 0 Å². The minimum atomic E-state index is -0.240. The van der Waals surface area contributed by atoms with Gasteiger partial charge in [0.15, 0.2) is 0 Å². The maximum Gasteiger partial charge on any atom is 0.255 e. The number of amides is 1. The Morgan fingerprint density at radius 3 is 2.53 bits per heavy atom. The molecule has 2 aromatic carbocycles. The molecule has 0 fully saturated rings. The van der Waals surface area contributed by atoms with Gasteiger partial charge < -0.3 is 11.1 Å². The van der Waals surface area contributed by atoms with Crippen molar-refractivity contribution in [3.05, 3.63) is 55.9 Å². The minimum absolute atomic E-state index is 0.240. The van der Waals surface area contributed by atoms with Crippen LogP contribution in [0, 0.1) is 0 Å². The van der Waals surface area contributed by atoms with Crippen LogP contribution in [0.3, 0.4) is 0 Å². The zero-order chi connectivity index (χ0) is 14.0. The summed E-state index contributed by atoms with van der Waals surface area (Å²) in [6.07, 6.45) is 0. The number of hydrogen-bond donors (Lipinski definition) is 2. The molecule has 2 rings (SSSR count). The lowest BCUT2D eigenvalue weighted by molar-refractivity contribution is 0.102. The molecule has 1 amide bonds. The van der Waals surface area contributed by atoms with Gasteiger partial charge in [-0.25, -0.2) is 0 Å². The van der Waals surface area contributed by atoms with Crippen molar-refractivity contribution in [2.24, 2.45) is 0 Å². The Hall–Kier alpha value is -1.04. The fourth-order valence-corrected chi connectivity index (χ4v) is 2.82. The first-order valence-corrected chi connectivity index (χ1v) is 7.24. The van der Waals surface area contributed by atoms with Gasteiger partial charge in [0, 0.05) is 25.2 Å². The van der Waals surface area contributed by atoms with Crippen LogP contribution in [0.5, 0.6) is 0 Å². The lowest BCUT2D eigenvalue weighted by atomic mass is 10.2. The van der Waals surface area contributed by atoms with Crippen LogP contribution in [0.1, 0.15) is 10.4 Å². The molecule has 0 radical (unpaired) electrons. The summed E-state index contributed by atoms with van der Waals surface area (Å²) in [6, 6.07) is 10.2. The fraction of sp³-hybridized carbons (Fsp3) is 0. The highest BCUT2D eigenvalue weighted by atomic mass is 79.9. The van der Waals surface area contributed by atoms with Crippen LogP contribution >= 0.6 is 43.5 Å². The summed E-state index contributed by atoms with van der Waals surface area (Å²) in [5.41, 5.74) is 7.35. The molecule has 0 saturated carbocycles. The molecule has 0 aliphatic carbocycles. The topological polar surface area (TPSA) is 55.1 Å². The number of hydrogen-bond acceptors (Lipinski definition) is 2. The Bertz CT molecular complexity index is 626. The molecule has 0 aliphatic heterocycles. The Morgan fingerprint density at radius 1 is 1.16 bits per heavy atom. The van der Waals surface area contributed by atoms with E-state index in [1.54, 1.807) is 36.4 Å². The van der Waals surface area contributed by atoms with E-state index in [4.69, 9.17) is 17.3 Å². The number of anilines is 2. The van der Waals surface area contributed by atoms with Crippen molar-refractivity contribution in [1.82, 2.24) is 0 Å². The lowest BCUT2D eigenvalue weighted by Gasteiger charge is -2.08. The van der Waals surface area contributed by atoms with Gasteiger partial charge in [0.2, 0.25) is 0 Å². The normalized spacial score (nSPS) is 10.3. The molecule has 0 saturated heterocycles. The molecular weight excluding hydrogens is 395 g/mol. The van der Waals surface area contributed by atoms with Gasteiger partial charge in [-0.2, -0.15) is 0 Å². The van der Waals surface area contributed by atoms with E-state index in [1.165, 1.54) is 0 Å². The average molecular weight is 404 g/mol. The van der Waals surface area contributed by atoms with Crippen LogP contribution in [-0.4, -0.2) is 5.91 Å². The minimum Gasteiger partial charge on any atom is -0.399 e. The van der Waals surface area contributed by atoms with E-state index in [0.717, 1.165) is 8.95 Å². The predicted molar refractivity (Wildman–Crippen MR) is 85.7 cm³/mol. The molecule has 0 spiro atoms. The van der Waals surface area contributed by atoms with Crippen molar-refractivity contribution in [2.75, 3.05) is 11.1 Å². The largest absolute Gasteiger partial charge is 0.399 e. The van der Waals surface area contributed by atoms with E-state index >= 15 is 0 Å². The van der Waals surface area contributed by atoms with Crippen molar-refractivity contribution in [3.8, 4) is 0 Å². The Kier molecular flexibility index (Phi) is 4.50. The summed E-state index contributed by atoms with van der Waals surface area (Å²) in [5.74, 6) is -0.240. The maximum absolute atomic E-state index is 12.1. The third kappa shape index (κ3) is 3.72. The quantitative estimate of drug-likeness (QED) is 0.713. The van der Waals surface area contributed by atoms with Crippen molar-refractivity contribution in [3.63, 3.8) is 0 Å². The van der Waals surface area contributed by atoms with E-state index in [1.807, 2.05) is 0 Å². The van der Waals surface area contributed by atoms with E-state index in [-0.39, 0.29) is 5.91 Å². The third-order valence-corrected chi connectivity index (χ3v) is 3.71. The fourth-order valence-electron chi connectivity index (χ4n) is 1.53. The summed E-state index contributed by atoms with van der Waals surface area (Å²) >= 11 is 12.5. The molecular formula is C13H9Br2ClN2O. The second-order valence-electron chi connectivity index (χ2n) is 3.85. The smallest absolute Gasteiger partial charge is 0.255 e. The molecule has 3 nitrogen and oxygen atoms in total. The van der Waals surface area contributed by atoms with Crippen molar-refractivity contribution in [1.29, 1.82) is 0 Å². The number of benzene rings is 2. The van der Waals surface area contributed by atoms with E-state index < -0.39 is 0 Å². The van der Waals surface area contributed by atoms with Crippen LogP contribution in [-0.2, 0) is 0 Å². The highest BCUT2D eigenvalue weighted by molar-refractivity contribution is 9.10. The number of nitrogens with two attached hydrogens (primary N) is 1. The van der Waals surface area contributed by atoms with E-state index in [2.05, 4.69) is 37.2 Å². The monoisotopic (exact) mass is 402 g/mol. The predicted octanol–water partition coefficient (Wildman–Crippen LogP) is 4.70. The third-order valence-electron chi connectivity index (χ3n) is 2.36. The van der Waals surface area contributed by atoms with Gasteiger partial charge in [-0.15, -0.1) is 0 Å². The summed E-state index contributed by atoms with van der Waals surface area (Å²) in [5, 5.41) is 3.38. The molecule has 98 valence electrons. The lowest BCUT2D eigenvalue weighted by Crippen LogP contribution is -2.12. The summed E-state index contributed by atoms with van der Waals surface area (Å²) in [4.78, 5) is 12.1. The molecule has 0 atom stereocenters. The number of halogens is 3. The van der Waals surface area contributed by atoms with Gasteiger partial charge in [0.05, 0.1) is 5.69 Å². The molecule has 2 aromatic rings. The Morgan fingerprint density at radius 2 is 1.89 bits per heavy atom. The van der Waals surface area contributed by atoms with Gasteiger partial charge in [0.25, 0.3) is 5.91 Å². The Labute approximate surface area is 132 Å². The molecule has 6 heteroatoms. The first-order chi connectivity index (χ1) is 8.95. The summed E-state index contributed by atoms with van der Waals surface area (Å²) in [7, 11) is 0. The number of nitrogens with one attached hydrogen (secondary N) is 1. The number of carbonyl (C=O) groups excluding carboxylic acids is 1. The van der Waals surface area contributed by atoms with Crippen LogP contribution in [0.2, 0.25) is 5.02 Å². The SMILES string of the molecule is Nc1cc(Br)cc(C(=O)Nc2ccc(Cl)cc2Br)c1. The zero-order valence-electron chi connectivity index (χ0n) is 9.58. The number of rotatable bonds is 2. The zero-order valence-corrected chi connectivity index (χ0v) is 13.5. The van der Waals surface area contributed by atoms with Gasteiger partial charge in [0.1, 0.15) is 0 Å². The number of nitrogen functional groups attached to an aromatic ring is 1. The first-order valence-electron chi connectivity index (χ1n) is 5.28. The standard InChI is InChI=1S/C13H9Br2ClN2O/c14-8-3-7(4-10(17)5-8)13(19)18-12-2-1-9(16)6-11(12)15/h1-6H,17H2,(H,18,19). The van der Waals surface area contributed by atoms with Gasteiger partial charge >= 0.3 is 0 Å². The number of carbonyl (C=O) groups is 1. The maximum atomic E-state index is 12.1. The second kappa shape index (κ2) is 5.94. The molecule has 0 aromatic heterocycles. The highest BCUT2D eigenvalue weighted by Crippen LogP contribution is 2.27. The molecule has 0 bridgehead atoms. The summed E-state index contributed by atoms with van der Waals surface area (Å²) < 4.78 is 1.48.